The van der Waals surface area contributed by atoms with Crippen LogP contribution in [-0.2, 0) is 9.47 Å². The molecule has 0 aromatic carbocycles. The van der Waals surface area contributed by atoms with Gasteiger partial charge >= 0.3 is 18.1 Å². The normalized spacial score (nSPS) is 17.7. The molecule has 0 aliphatic carbocycles. The summed E-state index contributed by atoms with van der Waals surface area (Å²) in [6.45, 7) is 4.01. The lowest BCUT2D eigenvalue weighted by Crippen LogP contribution is -2.61. The average molecular weight is 296 g/mol. The van der Waals surface area contributed by atoms with E-state index in [4.69, 9.17) is 0 Å². The van der Waals surface area contributed by atoms with E-state index in [-0.39, 0.29) is 6.92 Å². The van der Waals surface area contributed by atoms with E-state index >= 15 is 0 Å². The molecule has 0 aliphatic heterocycles. The number of alkyl halides is 6. The van der Waals surface area contributed by atoms with Crippen LogP contribution >= 0.6 is 0 Å². The summed E-state index contributed by atoms with van der Waals surface area (Å²) in [4.78, 5) is 0. The molecule has 0 fully saturated rings. The summed E-state index contributed by atoms with van der Waals surface area (Å²) in [5, 5.41) is 0. The Morgan fingerprint density at radius 3 is 1.63 bits per heavy atom. The van der Waals surface area contributed by atoms with Crippen molar-refractivity contribution in [3.05, 3.63) is 0 Å². The van der Waals surface area contributed by atoms with Crippen LogP contribution in [0.25, 0.3) is 0 Å². The molecular formula is C11H18F6O2. The smallest absolute Gasteiger partial charge is 0.313 e. The Kier molecular flexibility index (Phi) is 5.33. The number of halogens is 6. The van der Waals surface area contributed by atoms with Gasteiger partial charge in [-0.2, -0.15) is 26.3 Å². The lowest BCUT2D eigenvalue weighted by atomic mass is 9.93. The molecule has 0 saturated carbocycles. The average Bonchev–Trinajstić information content (AvgIpc) is 2.12. The van der Waals surface area contributed by atoms with Crippen molar-refractivity contribution in [3.8, 4) is 0 Å². The zero-order chi connectivity index (χ0) is 15.7. The van der Waals surface area contributed by atoms with Gasteiger partial charge in [0.1, 0.15) is 5.60 Å². The monoisotopic (exact) mass is 296 g/mol. The highest BCUT2D eigenvalue weighted by Crippen LogP contribution is 2.48. The largest absolute Gasteiger partial charge is 0.422 e. The standard InChI is InChI=1S/C11H18F6O2/c1-6-8(4,19-9(5,12)13)10(14,15)11(16,17)18-7(2)3/h7H,6H2,1-5H3. The molecule has 0 rings (SSSR count). The highest BCUT2D eigenvalue weighted by Gasteiger charge is 2.70. The van der Waals surface area contributed by atoms with Crippen molar-refractivity contribution in [1.29, 1.82) is 0 Å². The van der Waals surface area contributed by atoms with Crippen molar-refractivity contribution in [1.82, 2.24) is 0 Å². The Labute approximate surface area is 108 Å². The number of ether oxygens (including phenoxy) is 2. The maximum absolute atomic E-state index is 13.8. The zero-order valence-corrected chi connectivity index (χ0v) is 11.4. The molecule has 0 heterocycles. The first kappa shape index (κ1) is 18.5. The first-order chi connectivity index (χ1) is 8.18. The van der Waals surface area contributed by atoms with Crippen molar-refractivity contribution in [2.75, 3.05) is 0 Å². The molecule has 0 bridgehead atoms. The zero-order valence-electron chi connectivity index (χ0n) is 11.4. The summed E-state index contributed by atoms with van der Waals surface area (Å²) in [7, 11) is 0. The van der Waals surface area contributed by atoms with Crippen molar-refractivity contribution in [3.63, 3.8) is 0 Å². The fraction of sp³-hybridized carbons (Fsp3) is 1.00. The third kappa shape index (κ3) is 4.24. The van der Waals surface area contributed by atoms with Crippen LogP contribution in [-0.4, -0.2) is 29.8 Å². The van der Waals surface area contributed by atoms with Gasteiger partial charge in [-0.3, -0.25) is 0 Å². The Balaban J connectivity index is 5.43. The predicted octanol–water partition coefficient (Wildman–Crippen LogP) is 4.44. The van der Waals surface area contributed by atoms with Gasteiger partial charge in [0.05, 0.1) is 6.10 Å². The summed E-state index contributed by atoms with van der Waals surface area (Å²) in [6, 6.07) is 0. The number of hydrogen-bond donors (Lipinski definition) is 0. The second-order valence-electron chi connectivity index (χ2n) is 4.75. The highest BCUT2D eigenvalue weighted by molar-refractivity contribution is 4.97. The summed E-state index contributed by atoms with van der Waals surface area (Å²) >= 11 is 0. The van der Waals surface area contributed by atoms with Crippen LogP contribution in [0.4, 0.5) is 26.3 Å². The lowest BCUT2D eigenvalue weighted by Gasteiger charge is -2.41. The third-order valence-corrected chi connectivity index (χ3v) is 2.49. The topological polar surface area (TPSA) is 18.5 Å². The molecule has 1 atom stereocenters. The van der Waals surface area contributed by atoms with Crippen LogP contribution in [0.5, 0.6) is 0 Å². The first-order valence-electron chi connectivity index (χ1n) is 5.70. The Bertz CT molecular complexity index is 300. The van der Waals surface area contributed by atoms with Crippen molar-refractivity contribution < 1.29 is 35.8 Å². The van der Waals surface area contributed by atoms with Gasteiger partial charge in [-0.1, -0.05) is 6.92 Å². The number of hydrogen-bond acceptors (Lipinski definition) is 2. The maximum Gasteiger partial charge on any atom is 0.422 e. The fourth-order valence-electron chi connectivity index (χ4n) is 1.43. The van der Waals surface area contributed by atoms with Crippen LogP contribution in [0.1, 0.15) is 41.0 Å². The van der Waals surface area contributed by atoms with Crippen molar-refractivity contribution >= 4 is 0 Å². The summed E-state index contributed by atoms with van der Waals surface area (Å²) < 4.78 is 87.7. The van der Waals surface area contributed by atoms with E-state index in [2.05, 4.69) is 9.47 Å². The Morgan fingerprint density at radius 2 is 1.37 bits per heavy atom. The van der Waals surface area contributed by atoms with E-state index in [1.54, 1.807) is 0 Å². The van der Waals surface area contributed by atoms with Gasteiger partial charge in [-0.15, -0.1) is 0 Å². The van der Waals surface area contributed by atoms with E-state index in [1.165, 1.54) is 0 Å². The maximum atomic E-state index is 13.8. The molecule has 0 N–H and O–H groups in total. The molecule has 0 aromatic rings. The molecule has 0 aromatic heterocycles. The van der Waals surface area contributed by atoms with Gasteiger partial charge in [0.2, 0.25) is 0 Å². The minimum atomic E-state index is -4.92. The molecule has 1 unspecified atom stereocenters. The fourth-order valence-corrected chi connectivity index (χ4v) is 1.43. The van der Waals surface area contributed by atoms with Crippen molar-refractivity contribution in [2.24, 2.45) is 0 Å². The molecular weight excluding hydrogens is 278 g/mol. The highest BCUT2D eigenvalue weighted by atomic mass is 19.3. The van der Waals surface area contributed by atoms with Gasteiger partial charge in [-0.25, -0.2) is 0 Å². The molecule has 0 amide bonds. The minimum Gasteiger partial charge on any atom is -0.313 e. The van der Waals surface area contributed by atoms with Crippen LogP contribution in [0.15, 0.2) is 0 Å². The second-order valence-corrected chi connectivity index (χ2v) is 4.75. The van der Waals surface area contributed by atoms with E-state index in [1.807, 2.05) is 0 Å². The summed E-state index contributed by atoms with van der Waals surface area (Å²) in [5.41, 5.74) is -3.07. The molecule has 0 saturated heterocycles. The van der Waals surface area contributed by atoms with E-state index < -0.39 is 36.3 Å². The summed E-state index contributed by atoms with van der Waals surface area (Å²) in [6.07, 6.45) is -10.8. The Morgan fingerprint density at radius 1 is 0.947 bits per heavy atom. The molecule has 0 aliphatic rings. The quantitative estimate of drug-likeness (QED) is 0.647. The van der Waals surface area contributed by atoms with Gasteiger partial charge in [0, 0.05) is 6.92 Å². The molecule has 8 heteroatoms. The SMILES string of the molecule is CCC(C)(OC(C)(F)F)C(F)(F)C(F)(F)OC(C)C. The van der Waals surface area contributed by atoms with Crippen LogP contribution < -0.4 is 0 Å². The Hall–Kier alpha value is -0.500. The minimum absolute atomic E-state index is 0.207. The predicted molar refractivity (Wildman–Crippen MR) is 56.5 cm³/mol. The van der Waals surface area contributed by atoms with Crippen LogP contribution in [0, 0.1) is 0 Å². The number of rotatable bonds is 7. The van der Waals surface area contributed by atoms with Crippen molar-refractivity contribution in [2.45, 2.75) is 70.9 Å². The second kappa shape index (κ2) is 5.47. The molecule has 2 nitrogen and oxygen atoms in total. The molecule has 0 radical (unpaired) electrons. The summed E-state index contributed by atoms with van der Waals surface area (Å²) in [5.74, 6) is -4.92. The van der Waals surface area contributed by atoms with Gasteiger partial charge < -0.3 is 9.47 Å². The van der Waals surface area contributed by atoms with Crippen LogP contribution in [0.2, 0.25) is 0 Å². The van der Waals surface area contributed by atoms with E-state index in [9.17, 15) is 26.3 Å². The van der Waals surface area contributed by atoms with Gasteiger partial charge in [0.25, 0.3) is 0 Å². The first-order valence-corrected chi connectivity index (χ1v) is 5.70. The third-order valence-electron chi connectivity index (χ3n) is 2.49. The molecule has 19 heavy (non-hydrogen) atoms. The van der Waals surface area contributed by atoms with E-state index in [0.717, 1.165) is 20.8 Å². The van der Waals surface area contributed by atoms with Gasteiger partial charge in [-0.05, 0) is 27.2 Å². The van der Waals surface area contributed by atoms with Crippen LogP contribution in [0.3, 0.4) is 0 Å². The van der Waals surface area contributed by atoms with Gasteiger partial charge in [0.15, 0.2) is 0 Å². The molecule has 116 valence electrons. The molecule has 0 spiro atoms. The van der Waals surface area contributed by atoms with E-state index in [0.29, 0.717) is 6.92 Å². The lowest BCUT2D eigenvalue weighted by molar-refractivity contribution is -0.424.